The number of carbonyl (C=O) groups excluding carboxylic acids is 1. The molecule has 3 rings (SSSR count). The lowest BCUT2D eigenvalue weighted by molar-refractivity contribution is -0.118. The largest absolute Gasteiger partial charge is 0.484 e. The van der Waals surface area contributed by atoms with Gasteiger partial charge in [-0.25, -0.2) is 14.4 Å². The summed E-state index contributed by atoms with van der Waals surface area (Å²) < 4.78 is 18.3. The fourth-order valence-corrected chi connectivity index (χ4v) is 2.03. The van der Waals surface area contributed by atoms with Crippen molar-refractivity contribution in [2.75, 3.05) is 11.9 Å². The molecule has 0 fully saturated rings. The van der Waals surface area contributed by atoms with E-state index < -0.39 is 0 Å². The van der Waals surface area contributed by atoms with Crippen LogP contribution in [0.4, 0.5) is 10.3 Å². The van der Waals surface area contributed by atoms with Crippen molar-refractivity contribution in [1.29, 1.82) is 0 Å². The third-order valence-electron chi connectivity index (χ3n) is 3.16. The summed E-state index contributed by atoms with van der Waals surface area (Å²) in [6.07, 6.45) is 1.53. The van der Waals surface area contributed by atoms with Crippen molar-refractivity contribution < 1.29 is 13.9 Å². The summed E-state index contributed by atoms with van der Waals surface area (Å²) in [5.41, 5.74) is 1.32. The first-order chi connectivity index (χ1) is 11.7. The SMILES string of the molecule is O=C(COc1ccccc1)Nc1nccc(-c2ccc(F)cc2)n1. The molecule has 120 valence electrons. The number of halogens is 1. The number of nitrogens with one attached hydrogen (secondary N) is 1. The molecule has 0 atom stereocenters. The molecule has 0 saturated carbocycles. The summed E-state index contributed by atoms with van der Waals surface area (Å²) in [5.74, 6) is 0.0848. The van der Waals surface area contributed by atoms with Crippen LogP contribution in [0.3, 0.4) is 0 Å². The van der Waals surface area contributed by atoms with Crippen LogP contribution in [0, 0.1) is 5.82 Å². The molecule has 1 heterocycles. The van der Waals surface area contributed by atoms with Gasteiger partial charge in [-0.1, -0.05) is 18.2 Å². The average molecular weight is 323 g/mol. The van der Waals surface area contributed by atoms with E-state index in [0.29, 0.717) is 11.4 Å². The Kier molecular flexibility index (Phi) is 4.76. The Morgan fingerprint density at radius 3 is 2.54 bits per heavy atom. The van der Waals surface area contributed by atoms with Gasteiger partial charge in [-0.3, -0.25) is 10.1 Å². The number of ether oxygens (including phenoxy) is 1. The fourth-order valence-electron chi connectivity index (χ4n) is 2.03. The second-order valence-corrected chi connectivity index (χ2v) is 4.92. The molecule has 0 radical (unpaired) electrons. The molecule has 0 aliphatic carbocycles. The van der Waals surface area contributed by atoms with E-state index in [2.05, 4.69) is 15.3 Å². The van der Waals surface area contributed by atoms with Crippen LogP contribution in [-0.2, 0) is 4.79 Å². The maximum absolute atomic E-state index is 13.0. The summed E-state index contributed by atoms with van der Waals surface area (Å²) in [6.45, 7) is -0.145. The zero-order valence-corrected chi connectivity index (χ0v) is 12.6. The summed E-state index contributed by atoms with van der Waals surface area (Å²) in [7, 11) is 0. The maximum Gasteiger partial charge on any atom is 0.264 e. The normalized spacial score (nSPS) is 10.2. The van der Waals surface area contributed by atoms with E-state index >= 15 is 0 Å². The molecule has 1 N–H and O–H groups in total. The van der Waals surface area contributed by atoms with Gasteiger partial charge in [0.05, 0.1) is 5.69 Å². The Morgan fingerprint density at radius 1 is 1.04 bits per heavy atom. The van der Waals surface area contributed by atoms with Crippen molar-refractivity contribution in [3.8, 4) is 17.0 Å². The predicted octanol–water partition coefficient (Wildman–Crippen LogP) is 3.30. The van der Waals surface area contributed by atoms with Crippen LogP contribution < -0.4 is 10.1 Å². The highest BCUT2D eigenvalue weighted by molar-refractivity contribution is 5.90. The van der Waals surface area contributed by atoms with Gasteiger partial charge in [0.1, 0.15) is 11.6 Å². The minimum Gasteiger partial charge on any atom is -0.484 e. The summed E-state index contributed by atoms with van der Waals surface area (Å²) in [6, 6.07) is 16.6. The Hall–Kier alpha value is -3.28. The molecule has 3 aromatic rings. The molecule has 0 unspecified atom stereocenters. The van der Waals surface area contributed by atoms with E-state index in [-0.39, 0.29) is 24.3 Å². The first-order valence-electron chi connectivity index (χ1n) is 7.27. The molecule has 5 nitrogen and oxygen atoms in total. The Labute approximate surface area is 138 Å². The molecule has 2 aromatic carbocycles. The topological polar surface area (TPSA) is 64.1 Å². The van der Waals surface area contributed by atoms with E-state index in [1.54, 1.807) is 30.3 Å². The van der Waals surface area contributed by atoms with Crippen LogP contribution in [0.5, 0.6) is 5.75 Å². The number of anilines is 1. The zero-order chi connectivity index (χ0) is 16.8. The van der Waals surface area contributed by atoms with Crippen molar-refractivity contribution in [3.05, 3.63) is 72.7 Å². The minimum atomic E-state index is -0.366. The molecule has 24 heavy (non-hydrogen) atoms. The van der Waals surface area contributed by atoms with Gasteiger partial charge in [0.25, 0.3) is 5.91 Å². The number of hydrogen-bond acceptors (Lipinski definition) is 4. The molecule has 0 aliphatic heterocycles. The first kappa shape index (κ1) is 15.6. The third-order valence-corrected chi connectivity index (χ3v) is 3.16. The summed E-state index contributed by atoms with van der Waals surface area (Å²) in [4.78, 5) is 20.2. The standard InChI is InChI=1S/C18H14FN3O2/c19-14-8-6-13(7-9-14)16-10-11-20-18(21-16)22-17(23)12-24-15-4-2-1-3-5-15/h1-11H,12H2,(H,20,21,22,23). The molecular weight excluding hydrogens is 309 g/mol. The highest BCUT2D eigenvalue weighted by Crippen LogP contribution is 2.18. The van der Waals surface area contributed by atoms with Crippen LogP contribution in [0.2, 0.25) is 0 Å². The van der Waals surface area contributed by atoms with Crippen molar-refractivity contribution in [1.82, 2.24) is 9.97 Å². The van der Waals surface area contributed by atoms with Crippen molar-refractivity contribution >= 4 is 11.9 Å². The number of nitrogens with zero attached hydrogens (tertiary/aromatic N) is 2. The van der Waals surface area contributed by atoms with Gasteiger partial charge in [-0.2, -0.15) is 0 Å². The Balaban J connectivity index is 1.64. The number of aromatic nitrogens is 2. The molecule has 0 saturated heterocycles. The highest BCUT2D eigenvalue weighted by Gasteiger charge is 2.07. The lowest BCUT2D eigenvalue weighted by Crippen LogP contribution is -2.21. The summed E-state index contributed by atoms with van der Waals surface area (Å²) >= 11 is 0. The molecule has 6 heteroatoms. The van der Waals surface area contributed by atoms with Gasteiger partial charge in [-0.15, -0.1) is 0 Å². The van der Waals surface area contributed by atoms with Crippen LogP contribution in [0.25, 0.3) is 11.3 Å². The number of para-hydroxylation sites is 1. The number of rotatable bonds is 5. The third kappa shape index (κ3) is 4.13. The Bertz CT molecular complexity index is 823. The van der Waals surface area contributed by atoms with E-state index in [1.807, 2.05) is 18.2 Å². The van der Waals surface area contributed by atoms with Crippen LogP contribution in [-0.4, -0.2) is 22.5 Å². The molecule has 0 spiro atoms. The number of benzene rings is 2. The lowest BCUT2D eigenvalue weighted by atomic mass is 10.1. The molecule has 0 bridgehead atoms. The van der Waals surface area contributed by atoms with Gasteiger partial charge in [0, 0.05) is 11.8 Å². The number of hydrogen-bond donors (Lipinski definition) is 1. The van der Waals surface area contributed by atoms with Crippen molar-refractivity contribution in [2.45, 2.75) is 0 Å². The van der Waals surface area contributed by atoms with E-state index in [9.17, 15) is 9.18 Å². The van der Waals surface area contributed by atoms with E-state index in [1.165, 1.54) is 18.3 Å². The van der Waals surface area contributed by atoms with Gasteiger partial charge >= 0.3 is 0 Å². The lowest BCUT2D eigenvalue weighted by Gasteiger charge is -2.07. The van der Waals surface area contributed by atoms with Crippen LogP contribution >= 0.6 is 0 Å². The Morgan fingerprint density at radius 2 is 1.79 bits per heavy atom. The molecule has 1 amide bonds. The predicted molar refractivity (Wildman–Crippen MR) is 88.0 cm³/mol. The van der Waals surface area contributed by atoms with Gasteiger partial charge in [0.15, 0.2) is 6.61 Å². The number of amides is 1. The quantitative estimate of drug-likeness (QED) is 0.782. The van der Waals surface area contributed by atoms with Crippen molar-refractivity contribution in [2.24, 2.45) is 0 Å². The molecule has 1 aromatic heterocycles. The second kappa shape index (κ2) is 7.32. The van der Waals surface area contributed by atoms with Crippen LogP contribution in [0.1, 0.15) is 0 Å². The minimum absolute atomic E-state index is 0.145. The van der Waals surface area contributed by atoms with E-state index in [0.717, 1.165) is 5.56 Å². The summed E-state index contributed by atoms with van der Waals surface area (Å²) in [5, 5.41) is 2.57. The average Bonchev–Trinajstić information content (AvgIpc) is 2.62. The molecule has 0 aliphatic rings. The fraction of sp³-hybridized carbons (Fsp3) is 0.0556. The molecular formula is C18H14FN3O2. The maximum atomic E-state index is 13.0. The van der Waals surface area contributed by atoms with Gasteiger partial charge < -0.3 is 4.74 Å². The van der Waals surface area contributed by atoms with Gasteiger partial charge in [-0.05, 0) is 42.5 Å². The first-order valence-corrected chi connectivity index (χ1v) is 7.27. The highest BCUT2D eigenvalue weighted by atomic mass is 19.1. The number of carbonyl (C=O) groups is 1. The van der Waals surface area contributed by atoms with E-state index in [4.69, 9.17) is 4.74 Å². The second-order valence-electron chi connectivity index (χ2n) is 4.92. The smallest absolute Gasteiger partial charge is 0.264 e. The van der Waals surface area contributed by atoms with Crippen LogP contribution in [0.15, 0.2) is 66.9 Å². The van der Waals surface area contributed by atoms with Gasteiger partial charge in [0.2, 0.25) is 5.95 Å². The zero-order valence-electron chi connectivity index (χ0n) is 12.6. The van der Waals surface area contributed by atoms with Crippen molar-refractivity contribution in [3.63, 3.8) is 0 Å². The monoisotopic (exact) mass is 323 g/mol.